The van der Waals surface area contributed by atoms with E-state index in [1.54, 1.807) is 0 Å². The van der Waals surface area contributed by atoms with E-state index in [0.29, 0.717) is 0 Å². The summed E-state index contributed by atoms with van der Waals surface area (Å²) in [6, 6.07) is 7.07. The van der Waals surface area contributed by atoms with Gasteiger partial charge in [-0.25, -0.2) is 0 Å². The van der Waals surface area contributed by atoms with Crippen molar-refractivity contribution in [1.29, 1.82) is 0 Å². The SMILES string of the molecule is O=C(O)CNC(=O)c1cccc(/C(=C/CC(F)(F)F)c2cc(Cl)c(Cl)c(Cl)c2)c1Br. The summed E-state index contributed by atoms with van der Waals surface area (Å²) in [7, 11) is 0. The molecule has 0 saturated heterocycles. The summed E-state index contributed by atoms with van der Waals surface area (Å²) in [5.74, 6) is -1.96. The van der Waals surface area contributed by atoms with Crippen molar-refractivity contribution in [3.8, 4) is 0 Å². The van der Waals surface area contributed by atoms with Gasteiger partial charge in [0.1, 0.15) is 6.54 Å². The summed E-state index contributed by atoms with van der Waals surface area (Å²) in [5.41, 5.74) is 0.643. The van der Waals surface area contributed by atoms with E-state index < -0.39 is 31.0 Å². The number of aliphatic carboxylic acids is 1. The molecule has 0 heterocycles. The summed E-state index contributed by atoms with van der Waals surface area (Å²) < 4.78 is 38.9. The molecule has 0 aliphatic carbocycles. The predicted octanol–water partition coefficient (Wildman–Crippen LogP) is 6.61. The lowest BCUT2D eigenvalue weighted by Gasteiger charge is -2.15. The van der Waals surface area contributed by atoms with Crippen molar-refractivity contribution in [2.75, 3.05) is 6.54 Å². The van der Waals surface area contributed by atoms with Crippen LogP contribution in [0.1, 0.15) is 27.9 Å². The highest BCUT2D eigenvalue weighted by Crippen LogP contribution is 2.39. The smallest absolute Gasteiger partial charge is 0.392 e. The first kappa shape index (κ1) is 24.5. The molecule has 0 atom stereocenters. The number of hydrogen-bond donors (Lipinski definition) is 2. The molecule has 2 rings (SSSR count). The maximum absolute atomic E-state index is 12.9. The number of carboxylic acids is 1. The summed E-state index contributed by atoms with van der Waals surface area (Å²) in [5, 5.41) is 11.1. The Bertz CT molecular complexity index is 1000. The fourth-order valence-electron chi connectivity index (χ4n) is 2.48. The Morgan fingerprint density at radius 2 is 1.67 bits per heavy atom. The molecule has 0 spiro atoms. The fourth-order valence-corrected chi connectivity index (χ4v) is 3.73. The van der Waals surface area contributed by atoms with E-state index in [0.717, 1.165) is 6.08 Å². The second-order valence-corrected chi connectivity index (χ2v) is 7.92. The Morgan fingerprint density at radius 3 is 2.20 bits per heavy atom. The molecule has 2 N–H and O–H groups in total. The molecule has 11 heteroatoms. The second kappa shape index (κ2) is 10.0. The molecule has 1 amide bonds. The number of halogens is 7. The Labute approximate surface area is 192 Å². The average molecular weight is 546 g/mol. The van der Waals surface area contributed by atoms with Crippen molar-refractivity contribution in [3.63, 3.8) is 0 Å². The first-order valence-electron chi connectivity index (χ1n) is 8.11. The third-order valence-electron chi connectivity index (χ3n) is 3.77. The highest BCUT2D eigenvalue weighted by molar-refractivity contribution is 9.10. The van der Waals surface area contributed by atoms with Crippen molar-refractivity contribution >= 4 is 68.2 Å². The van der Waals surface area contributed by atoms with Crippen molar-refractivity contribution < 1.29 is 27.9 Å². The normalized spacial score (nSPS) is 12.0. The van der Waals surface area contributed by atoms with E-state index >= 15 is 0 Å². The van der Waals surface area contributed by atoms with Gasteiger partial charge in [-0.05, 0) is 50.8 Å². The van der Waals surface area contributed by atoms with Gasteiger partial charge in [0.05, 0.1) is 27.1 Å². The van der Waals surface area contributed by atoms with Crippen LogP contribution < -0.4 is 5.32 Å². The van der Waals surface area contributed by atoms with Gasteiger partial charge in [0.15, 0.2) is 0 Å². The van der Waals surface area contributed by atoms with Crippen LogP contribution in [0.25, 0.3) is 5.57 Å². The van der Waals surface area contributed by atoms with E-state index in [1.807, 2.05) is 0 Å². The lowest BCUT2D eigenvalue weighted by Crippen LogP contribution is -2.29. The van der Waals surface area contributed by atoms with E-state index in [4.69, 9.17) is 39.9 Å². The fraction of sp³-hybridized carbons (Fsp3) is 0.158. The van der Waals surface area contributed by atoms with Crippen molar-refractivity contribution in [2.45, 2.75) is 12.6 Å². The highest BCUT2D eigenvalue weighted by Gasteiger charge is 2.26. The van der Waals surface area contributed by atoms with Crippen LogP contribution in [-0.4, -0.2) is 29.7 Å². The van der Waals surface area contributed by atoms with Crippen LogP contribution in [0.15, 0.2) is 40.9 Å². The quantitative estimate of drug-likeness (QED) is 0.402. The zero-order valence-corrected chi connectivity index (χ0v) is 18.6. The minimum absolute atomic E-state index is 0.0396. The van der Waals surface area contributed by atoms with Crippen molar-refractivity contribution in [3.05, 3.63) is 72.6 Å². The number of benzene rings is 2. The van der Waals surface area contributed by atoms with Gasteiger partial charge >= 0.3 is 12.1 Å². The molecule has 4 nitrogen and oxygen atoms in total. The van der Waals surface area contributed by atoms with Crippen LogP contribution in [-0.2, 0) is 4.79 Å². The molecule has 0 aliphatic heterocycles. The number of allylic oxidation sites excluding steroid dienone is 1. The van der Waals surface area contributed by atoms with Crippen LogP contribution in [0.4, 0.5) is 13.2 Å². The minimum Gasteiger partial charge on any atom is -0.480 e. The Balaban J connectivity index is 2.61. The zero-order chi connectivity index (χ0) is 22.6. The van der Waals surface area contributed by atoms with Crippen LogP contribution in [0.3, 0.4) is 0 Å². The van der Waals surface area contributed by atoms with Gasteiger partial charge in [-0.15, -0.1) is 0 Å². The van der Waals surface area contributed by atoms with E-state index in [-0.39, 0.29) is 41.8 Å². The number of alkyl halides is 3. The van der Waals surface area contributed by atoms with E-state index in [9.17, 15) is 22.8 Å². The Hall–Kier alpha value is -1.74. The number of carboxylic acid groups (broad SMARTS) is 1. The van der Waals surface area contributed by atoms with Gasteiger partial charge in [0.2, 0.25) is 0 Å². The van der Waals surface area contributed by atoms with Gasteiger partial charge in [-0.1, -0.05) is 53.0 Å². The summed E-state index contributed by atoms with van der Waals surface area (Å²) in [6.45, 7) is -0.616. The average Bonchev–Trinajstić information content (AvgIpc) is 2.64. The third-order valence-corrected chi connectivity index (χ3v) is 5.82. The Kier molecular flexibility index (Phi) is 8.21. The van der Waals surface area contributed by atoms with Crippen LogP contribution >= 0.6 is 50.7 Å². The van der Waals surface area contributed by atoms with Crippen LogP contribution in [0.2, 0.25) is 15.1 Å². The largest absolute Gasteiger partial charge is 0.480 e. The molecule has 0 fully saturated rings. The van der Waals surface area contributed by atoms with E-state index in [1.165, 1.54) is 30.3 Å². The molecule has 2 aromatic carbocycles. The summed E-state index contributed by atoms with van der Waals surface area (Å²) in [6.07, 6.45) is -4.79. The number of carbonyl (C=O) groups excluding carboxylic acids is 1. The molecule has 0 bridgehead atoms. The maximum atomic E-state index is 12.9. The molecule has 0 unspecified atom stereocenters. The molecule has 0 aromatic heterocycles. The van der Waals surface area contributed by atoms with Gasteiger partial charge in [-0.3, -0.25) is 9.59 Å². The summed E-state index contributed by atoms with van der Waals surface area (Å²) >= 11 is 21.2. The van der Waals surface area contributed by atoms with Crippen LogP contribution in [0, 0.1) is 0 Å². The number of amides is 1. The summed E-state index contributed by atoms with van der Waals surface area (Å²) in [4.78, 5) is 23.0. The second-order valence-electron chi connectivity index (χ2n) is 5.93. The molecule has 0 radical (unpaired) electrons. The highest BCUT2D eigenvalue weighted by atomic mass is 79.9. The van der Waals surface area contributed by atoms with Gasteiger partial charge < -0.3 is 10.4 Å². The molecular formula is C19H12BrCl3F3NO3. The molecule has 30 heavy (non-hydrogen) atoms. The van der Waals surface area contributed by atoms with Crippen molar-refractivity contribution in [2.24, 2.45) is 0 Å². The topological polar surface area (TPSA) is 66.4 Å². The number of nitrogens with one attached hydrogen (secondary N) is 1. The van der Waals surface area contributed by atoms with Gasteiger partial charge in [0.25, 0.3) is 5.91 Å². The zero-order valence-electron chi connectivity index (χ0n) is 14.8. The molecule has 2 aromatic rings. The van der Waals surface area contributed by atoms with Gasteiger partial charge in [0, 0.05) is 4.47 Å². The lowest BCUT2D eigenvalue weighted by molar-refractivity contribution is -0.135. The minimum atomic E-state index is -4.48. The molecule has 160 valence electrons. The lowest BCUT2D eigenvalue weighted by atomic mass is 9.95. The molecular weight excluding hydrogens is 533 g/mol. The first-order valence-corrected chi connectivity index (χ1v) is 10.0. The molecule has 0 saturated carbocycles. The first-order chi connectivity index (χ1) is 13.9. The van der Waals surface area contributed by atoms with Crippen molar-refractivity contribution in [1.82, 2.24) is 5.32 Å². The van der Waals surface area contributed by atoms with E-state index in [2.05, 4.69) is 21.2 Å². The number of rotatable bonds is 6. The maximum Gasteiger partial charge on any atom is 0.392 e. The monoisotopic (exact) mass is 543 g/mol. The third kappa shape index (κ3) is 6.38. The number of hydrogen-bond acceptors (Lipinski definition) is 2. The standard InChI is InChI=1S/C19H12BrCl3F3NO3/c20-16-11(2-1-3-12(16)18(30)27-8-15(28)29)10(4-5-19(24,25)26)9-6-13(21)17(23)14(22)7-9/h1-4,6-7H,5,8H2,(H,27,30)(H,28,29)/b10-4+. The van der Waals surface area contributed by atoms with Gasteiger partial charge in [-0.2, -0.15) is 13.2 Å². The number of carbonyl (C=O) groups is 2. The van der Waals surface area contributed by atoms with Crippen LogP contribution in [0.5, 0.6) is 0 Å². The predicted molar refractivity (Wildman–Crippen MR) is 113 cm³/mol. The molecule has 0 aliphatic rings. The Morgan fingerprint density at radius 1 is 1.10 bits per heavy atom.